The summed E-state index contributed by atoms with van der Waals surface area (Å²) in [5, 5.41) is 0. The van der Waals surface area contributed by atoms with Crippen molar-refractivity contribution in [1.82, 2.24) is 0 Å². The number of hydrogen-bond donors (Lipinski definition) is 0. The summed E-state index contributed by atoms with van der Waals surface area (Å²) in [4.78, 5) is 0. The van der Waals surface area contributed by atoms with Gasteiger partial charge in [-0.15, -0.1) is 17.0 Å². The molecular formula is C28H26Br10. The monoisotopic (exact) mass is 1150 g/mol. The van der Waals surface area contributed by atoms with Gasteiger partial charge in [0.15, 0.2) is 0 Å². The zero-order valence-electron chi connectivity index (χ0n) is 20.3. The predicted molar refractivity (Wildman–Crippen MR) is 204 cm³/mol. The molecule has 10 heteroatoms. The first-order valence-corrected chi connectivity index (χ1v) is 18.6. The molecular weight excluding hydrogens is 1140 g/mol. The molecule has 0 radical (unpaired) electrons. The highest BCUT2D eigenvalue weighted by Crippen LogP contribution is 2.77. The standard InChI is InChI=1S/C14H11Br9.C14H14.BrH/c1-8(9-5-3-2-4-6-9)10(15)7-11(16,17)13(20,21)14(22,23)12(10,18)19;1-12(13-8-4-2-5-9-13)14-10-6-3-7-11-14;/h2-6,8H,7H2,1H3;2-12H,1H3;1H. The molecule has 38 heavy (non-hydrogen) atoms. The first-order valence-electron chi connectivity index (χ1n) is 11.4. The Morgan fingerprint density at radius 1 is 0.500 bits per heavy atom. The maximum atomic E-state index is 4.07. The summed E-state index contributed by atoms with van der Waals surface area (Å²) in [6.07, 6.45) is 0.766. The van der Waals surface area contributed by atoms with Crippen molar-refractivity contribution in [2.24, 2.45) is 0 Å². The van der Waals surface area contributed by atoms with Crippen LogP contribution in [0.3, 0.4) is 0 Å². The third-order valence-corrected chi connectivity index (χ3v) is 25.1. The van der Waals surface area contributed by atoms with Crippen molar-refractivity contribution in [3.05, 3.63) is 108 Å². The molecule has 0 spiro atoms. The van der Waals surface area contributed by atoms with Gasteiger partial charge in [-0.3, -0.25) is 0 Å². The lowest BCUT2D eigenvalue weighted by Gasteiger charge is -2.62. The van der Waals surface area contributed by atoms with E-state index < -0.39 is 12.9 Å². The van der Waals surface area contributed by atoms with E-state index in [9.17, 15) is 0 Å². The van der Waals surface area contributed by atoms with Gasteiger partial charge in [-0.2, -0.15) is 0 Å². The van der Waals surface area contributed by atoms with Gasteiger partial charge in [0.25, 0.3) is 0 Å². The van der Waals surface area contributed by atoms with Gasteiger partial charge in [-0.1, -0.05) is 248 Å². The van der Waals surface area contributed by atoms with Crippen LogP contribution < -0.4 is 0 Å². The summed E-state index contributed by atoms with van der Waals surface area (Å²) < 4.78 is -2.45. The molecule has 3 aromatic carbocycles. The Balaban J connectivity index is 0.000000289. The fraction of sp³-hybridized carbons (Fsp3) is 0.357. The lowest BCUT2D eigenvalue weighted by atomic mass is 9.77. The van der Waals surface area contributed by atoms with Crippen LogP contribution in [0.1, 0.15) is 48.8 Å². The fourth-order valence-corrected chi connectivity index (χ4v) is 14.0. The Kier molecular flexibility index (Phi) is 14.0. The van der Waals surface area contributed by atoms with Crippen LogP contribution in [-0.2, 0) is 0 Å². The first-order chi connectivity index (χ1) is 17.1. The average Bonchev–Trinajstić information content (AvgIpc) is 2.88. The molecule has 0 amide bonds. The molecule has 208 valence electrons. The SMILES string of the molecule is Br.CC(c1ccccc1)C1(Br)CC(Br)(Br)C(Br)(Br)C(Br)(Br)C1(Br)Br.CC(c1ccccc1)c1ccccc1. The van der Waals surface area contributed by atoms with E-state index in [2.05, 4.69) is 242 Å². The smallest absolute Gasteiger partial charge is 0.114 e. The van der Waals surface area contributed by atoms with Gasteiger partial charge < -0.3 is 0 Å². The van der Waals surface area contributed by atoms with Crippen LogP contribution in [0.5, 0.6) is 0 Å². The summed E-state index contributed by atoms with van der Waals surface area (Å²) in [6, 6.07) is 31.7. The van der Waals surface area contributed by atoms with Crippen molar-refractivity contribution >= 4 is 160 Å². The van der Waals surface area contributed by atoms with Gasteiger partial charge in [0.1, 0.15) is 12.9 Å². The topological polar surface area (TPSA) is 0 Å². The molecule has 0 nitrogen and oxygen atoms in total. The van der Waals surface area contributed by atoms with Gasteiger partial charge in [-0.05, 0) is 29.0 Å². The third-order valence-electron chi connectivity index (χ3n) is 6.83. The van der Waals surface area contributed by atoms with E-state index in [0.29, 0.717) is 5.92 Å². The van der Waals surface area contributed by atoms with Crippen LogP contribution in [0.25, 0.3) is 0 Å². The molecule has 2 unspecified atom stereocenters. The second-order valence-electron chi connectivity index (χ2n) is 9.14. The Labute approximate surface area is 313 Å². The summed E-state index contributed by atoms with van der Waals surface area (Å²) in [5.74, 6) is 0.694. The van der Waals surface area contributed by atoms with Crippen LogP contribution >= 0.6 is 160 Å². The van der Waals surface area contributed by atoms with E-state index in [1.807, 2.05) is 6.07 Å². The molecule has 0 aliphatic heterocycles. The van der Waals surface area contributed by atoms with Gasteiger partial charge in [0, 0.05) is 5.92 Å². The highest BCUT2D eigenvalue weighted by Gasteiger charge is 2.76. The largest absolute Gasteiger partial charge is 0.134 e. The second kappa shape index (κ2) is 14.5. The Morgan fingerprint density at radius 2 is 0.842 bits per heavy atom. The number of alkyl halides is 9. The molecule has 0 heterocycles. The van der Waals surface area contributed by atoms with E-state index in [-0.39, 0.29) is 27.2 Å². The summed E-state index contributed by atoms with van der Waals surface area (Å²) in [7, 11) is 0. The van der Waals surface area contributed by atoms with Crippen LogP contribution in [0.2, 0.25) is 0 Å². The first kappa shape index (κ1) is 36.7. The van der Waals surface area contributed by atoms with Crippen molar-refractivity contribution in [3.63, 3.8) is 0 Å². The lowest BCUT2D eigenvalue weighted by molar-refractivity contribution is 0.362. The van der Waals surface area contributed by atoms with Crippen molar-refractivity contribution in [1.29, 1.82) is 0 Å². The molecule has 2 atom stereocenters. The van der Waals surface area contributed by atoms with Gasteiger partial charge in [-0.25, -0.2) is 0 Å². The summed E-state index contributed by atoms with van der Waals surface area (Å²) in [5.41, 5.74) is 4.01. The van der Waals surface area contributed by atoms with Crippen molar-refractivity contribution in [2.45, 2.75) is 49.4 Å². The highest BCUT2D eigenvalue weighted by molar-refractivity contribution is 9.34. The van der Waals surface area contributed by atoms with Crippen LogP contribution in [0, 0.1) is 0 Å². The van der Waals surface area contributed by atoms with Crippen molar-refractivity contribution < 1.29 is 0 Å². The molecule has 1 aliphatic carbocycles. The van der Waals surface area contributed by atoms with Crippen LogP contribution in [0.15, 0.2) is 91.0 Å². The van der Waals surface area contributed by atoms with E-state index >= 15 is 0 Å². The Morgan fingerprint density at radius 3 is 1.21 bits per heavy atom. The minimum absolute atomic E-state index is 0. The maximum absolute atomic E-state index is 4.07. The quantitative estimate of drug-likeness (QED) is 0.228. The molecule has 0 saturated heterocycles. The Bertz CT molecular complexity index is 1110. The molecule has 3 aromatic rings. The van der Waals surface area contributed by atoms with E-state index in [1.54, 1.807) is 0 Å². The van der Waals surface area contributed by atoms with Crippen molar-refractivity contribution in [2.75, 3.05) is 0 Å². The molecule has 1 saturated carbocycles. The number of hydrogen-bond acceptors (Lipinski definition) is 0. The van der Waals surface area contributed by atoms with Gasteiger partial charge >= 0.3 is 0 Å². The zero-order chi connectivity index (χ0) is 27.7. The highest BCUT2D eigenvalue weighted by atomic mass is 79.9. The zero-order valence-corrected chi connectivity index (χ0v) is 36.3. The second-order valence-corrected chi connectivity index (χ2v) is 24.7. The van der Waals surface area contributed by atoms with E-state index in [4.69, 9.17) is 0 Å². The number of benzene rings is 3. The summed E-state index contributed by atoms with van der Waals surface area (Å²) in [6.45, 7) is 4.47. The molecule has 0 aromatic heterocycles. The van der Waals surface area contributed by atoms with Crippen LogP contribution in [-0.4, -0.2) is 17.3 Å². The maximum Gasteiger partial charge on any atom is 0.134 e. The number of halogens is 10. The van der Waals surface area contributed by atoms with Gasteiger partial charge in [0.2, 0.25) is 0 Å². The van der Waals surface area contributed by atoms with Crippen molar-refractivity contribution in [3.8, 4) is 0 Å². The van der Waals surface area contributed by atoms with E-state index in [1.165, 1.54) is 16.7 Å². The minimum atomic E-state index is -0.599. The minimum Gasteiger partial charge on any atom is -0.114 e. The van der Waals surface area contributed by atoms with E-state index in [0.717, 1.165) is 6.42 Å². The average molecular weight is 1160 g/mol. The molecule has 4 rings (SSSR count). The molecule has 0 bridgehead atoms. The molecule has 1 fully saturated rings. The predicted octanol–water partition coefficient (Wildman–Crippen LogP) is 13.7. The Hall–Kier alpha value is 2.46. The lowest BCUT2D eigenvalue weighted by Crippen LogP contribution is -2.70. The fourth-order valence-electron chi connectivity index (χ4n) is 4.34. The number of rotatable bonds is 4. The third kappa shape index (κ3) is 7.22. The van der Waals surface area contributed by atoms with Gasteiger partial charge in [0.05, 0.1) is 4.32 Å². The molecule has 0 N–H and O–H groups in total. The molecule has 1 aliphatic rings. The van der Waals surface area contributed by atoms with Crippen LogP contribution in [0.4, 0.5) is 0 Å². The summed E-state index contributed by atoms with van der Waals surface area (Å²) >= 11 is 35.0. The normalized spacial score (nSPS) is 23.4.